The molecule has 1 aromatic heterocycles. The predicted molar refractivity (Wildman–Crippen MR) is 105 cm³/mol. The van der Waals surface area contributed by atoms with Crippen LogP contribution < -0.4 is 14.8 Å². The lowest BCUT2D eigenvalue weighted by atomic mass is 10.2. The third kappa shape index (κ3) is 5.02. The molecule has 1 N–H and O–H groups in total. The topological polar surface area (TPSA) is 59.8 Å². The van der Waals surface area contributed by atoms with E-state index < -0.39 is 0 Å². The summed E-state index contributed by atoms with van der Waals surface area (Å²) in [6, 6.07) is 7.40. The van der Waals surface area contributed by atoms with Crippen LogP contribution in [0.5, 0.6) is 11.5 Å². The van der Waals surface area contributed by atoms with Crippen LogP contribution in [0.1, 0.15) is 42.3 Å². The summed E-state index contributed by atoms with van der Waals surface area (Å²) in [6.45, 7) is 8.29. The molecule has 0 amide bonds. The molecule has 1 aliphatic rings. The van der Waals surface area contributed by atoms with Gasteiger partial charge >= 0.3 is 0 Å². The standard InChI is InChI=1S/C21H31N3O3/c1-14(24(4)18-7-8-18)11-22-12-17-6-9-20(21(10-17)25-5)26-13-19-15(2)23-27-16(19)3/h6,9-10,14,18,22H,7-8,11-13H2,1-5H3. The van der Waals surface area contributed by atoms with Crippen molar-refractivity contribution in [2.75, 3.05) is 20.7 Å². The molecule has 1 saturated carbocycles. The molecule has 1 fully saturated rings. The van der Waals surface area contributed by atoms with Crippen molar-refractivity contribution < 1.29 is 14.0 Å². The Morgan fingerprint density at radius 1 is 1.30 bits per heavy atom. The van der Waals surface area contributed by atoms with Gasteiger partial charge in [-0.15, -0.1) is 0 Å². The van der Waals surface area contributed by atoms with E-state index in [-0.39, 0.29) is 0 Å². The summed E-state index contributed by atoms with van der Waals surface area (Å²) in [6.07, 6.45) is 2.68. The summed E-state index contributed by atoms with van der Waals surface area (Å²) in [7, 11) is 3.89. The Morgan fingerprint density at radius 3 is 2.70 bits per heavy atom. The molecule has 0 aliphatic heterocycles. The number of benzene rings is 1. The van der Waals surface area contributed by atoms with Crippen molar-refractivity contribution >= 4 is 0 Å². The first-order valence-corrected chi connectivity index (χ1v) is 9.63. The molecular weight excluding hydrogens is 342 g/mol. The fraction of sp³-hybridized carbons (Fsp3) is 0.571. The molecule has 0 bridgehead atoms. The number of hydrogen-bond acceptors (Lipinski definition) is 6. The summed E-state index contributed by atoms with van der Waals surface area (Å²) in [5.74, 6) is 2.25. The largest absolute Gasteiger partial charge is 0.493 e. The molecule has 0 saturated heterocycles. The van der Waals surface area contributed by atoms with Crippen molar-refractivity contribution in [1.82, 2.24) is 15.4 Å². The number of methoxy groups -OCH3 is 1. The maximum atomic E-state index is 5.94. The summed E-state index contributed by atoms with van der Waals surface area (Å²) < 4.78 is 16.7. The van der Waals surface area contributed by atoms with Crippen molar-refractivity contribution in [3.63, 3.8) is 0 Å². The van der Waals surface area contributed by atoms with Crippen LogP contribution in [0.15, 0.2) is 22.7 Å². The maximum absolute atomic E-state index is 5.94. The Labute approximate surface area is 161 Å². The number of likely N-dealkylation sites (N-methyl/N-ethyl adjacent to an activating group) is 1. The fourth-order valence-electron chi connectivity index (χ4n) is 3.21. The fourth-order valence-corrected chi connectivity index (χ4v) is 3.21. The molecule has 6 heteroatoms. The van der Waals surface area contributed by atoms with E-state index in [9.17, 15) is 0 Å². The first-order chi connectivity index (χ1) is 13.0. The Kier molecular flexibility index (Phi) is 6.39. The molecule has 2 aromatic rings. The summed E-state index contributed by atoms with van der Waals surface area (Å²) in [5, 5.41) is 7.51. The molecule has 0 spiro atoms. The number of aromatic nitrogens is 1. The van der Waals surface area contributed by atoms with Gasteiger partial charge in [0, 0.05) is 25.2 Å². The van der Waals surface area contributed by atoms with E-state index in [0.717, 1.165) is 47.6 Å². The molecule has 1 unspecified atom stereocenters. The van der Waals surface area contributed by atoms with Gasteiger partial charge in [-0.1, -0.05) is 11.2 Å². The Hall–Kier alpha value is -2.05. The van der Waals surface area contributed by atoms with Gasteiger partial charge in [-0.05, 0) is 58.4 Å². The van der Waals surface area contributed by atoms with Crippen LogP contribution in [-0.2, 0) is 13.2 Å². The van der Waals surface area contributed by atoms with E-state index in [1.165, 1.54) is 18.4 Å². The van der Waals surface area contributed by atoms with Gasteiger partial charge in [0.1, 0.15) is 12.4 Å². The Morgan fingerprint density at radius 2 is 2.07 bits per heavy atom. The van der Waals surface area contributed by atoms with Gasteiger partial charge in [0.05, 0.1) is 18.4 Å². The van der Waals surface area contributed by atoms with Crippen LogP contribution in [0.4, 0.5) is 0 Å². The SMILES string of the molecule is COc1cc(CNCC(C)N(C)C2CC2)ccc1OCc1c(C)noc1C. The molecular formula is C21H31N3O3. The van der Waals surface area contributed by atoms with Crippen LogP contribution in [0, 0.1) is 13.8 Å². The van der Waals surface area contributed by atoms with Gasteiger partial charge < -0.3 is 19.3 Å². The monoisotopic (exact) mass is 373 g/mol. The molecule has 1 aromatic carbocycles. The van der Waals surface area contributed by atoms with E-state index >= 15 is 0 Å². The van der Waals surface area contributed by atoms with Crippen molar-refractivity contribution in [3.05, 3.63) is 40.8 Å². The van der Waals surface area contributed by atoms with Crippen LogP contribution in [0.2, 0.25) is 0 Å². The quantitative estimate of drug-likeness (QED) is 0.688. The highest BCUT2D eigenvalue weighted by Gasteiger charge is 2.28. The van der Waals surface area contributed by atoms with Crippen molar-refractivity contribution in [3.8, 4) is 11.5 Å². The molecule has 27 heavy (non-hydrogen) atoms. The second-order valence-electron chi connectivity index (χ2n) is 7.45. The van der Waals surface area contributed by atoms with Crippen LogP contribution in [0.3, 0.4) is 0 Å². The van der Waals surface area contributed by atoms with Gasteiger partial charge in [-0.2, -0.15) is 0 Å². The van der Waals surface area contributed by atoms with Crippen molar-refractivity contribution in [2.45, 2.75) is 58.8 Å². The second kappa shape index (κ2) is 8.76. The molecule has 1 heterocycles. The van der Waals surface area contributed by atoms with Crippen LogP contribution >= 0.6 is 0 Å². The van der Waals surface area contributed by atoms with E-state index in [1.807, 2.05) is 26.0 Å². The third-order valence-electron chi connectivity index (χ3n) is 5.37. The zero-order chi connectivity index (χ0) is 19.4. The highest BCUT2D eigenvalue weighted by molar-refractivity contribution is 5.43. The number of nitrogens with zero attached hydrogens (tertiary/aromatic N) is 2. The molecule has 1 atom stereocenters. The third-order valence-corrected chi connectivity index (χ3v) is 5.37. The molecule has 148 valence electrons. The smallest absolute Gasteiger partial charge is 0.161 e. The number of rotatable bonds is 10. The molecule has 6 nitrogen and oxygen atoms in total. The number of aryl methyl sites for hydroxylation is 2. The summed E-state index contributed by atoms with van der Waals surface area (Å²) in [5.41, 5.74) is 3.02. The summed E-state index contributed by atoms with van der Waals surface area (Å²) >= 11 is 0. The maximum Gasteiger partial charge on any atom is 0.161 e. The lowest BCUT2D eigenvalue weighted by Gasteiger charge is -2.24. The van der Waals surface area contributed by atoms with E-state index in [4.69, 9.17) is 14.0 Å². The van der Waals surface area contributed by atoms with E-state index in [1.54, 1.807) is 7.11 Å². The molecule has 0 radical (unpaired) electrons. The van der Waals surface area contributed by atoms with E-state index in [2.05, 4.69) is 35.4 Å². The second-order valence-corrected chi connectivity index (χ2v) is 7.45. The number of hydrogen-bond donors (Lipinski definition) is 1. The lowest BCUT2D eigenvalue weighted by molar-refractivity contribution is 0.241. The minimum absolute atomic E-state index is 0.417. The van der Waals surface area contributed by atoms with E-state index in [0.29, 0.717) is 12.6 Å². The van der Waals surface area contributed by atoms with Gasteiger partial charge in [0.15, 0.2) is 11.5 Å². The predicted octanol–water partition coefficient (Wildman–Crippen LogP) is 3.45. The molecule has 1 aliphatic carbocycles. The van der Waals surface area contributed by atoms with Gasteiger partial charge in [0.2, 0.25) is 0 Å². The minimum atomic E-state index is 0.417. The van der Waals surface area contributed by atoms with Crippen LogP contribution in [-0.4, -0.2) is 42.8 Å². The summed E-state index contributed by atoms with van der Waals surface area (Å²) in [4.78, 5) is 2.47. The average Bonchev–Trinajstić information content (AvgIpc) is 3.46. The zero-order valence-electron chi connectivity index (χ0n) is 17.0. The highest BCUT2D eigenvalue weighted by Crippen LogP contribution is 2.30. The normalized spacial score (nSPS) is 15.2. The van der Waals surface area contributed by atoms with Gasteiger partial charge in [0.25, 0.3) is 0 Å². The minimum Gasteiger partial charge on any atom is -0.493 e. The Balaban J connectivity index is 1.53. The van der Waals surface area contributed by atoms with Crippen molar-refractivity contribution in [1.29, 1.82) is 0 Å². The number of nitrogens with one attached hydrogen (secondary N) is 1. The lowest BCUT2D eigenvalue weighted by Crippen LogP contribution is -2.38. The first-order valence-electron chi connectivity index (χ1n) is 9.63. The number of ether oxygens (including phenoxy) is 2. The van der Waals surface area contributed by atoms with Crippen molar-refractivity contribution in [2.24, 2.45) is 0 Å². The van der Waals surface area contributed by atoms with Gasteiger partial charge in [-0.25, -0.2) is 0 Å². The van der Waals surface area contributed by atoms with Crippen LogP contribution in [0.25, 0.3) is 0 Å². The molecule has 3 rings (SSSR count). The zero-order valence-corrected chi connectivity index (χ0v) is 17.0. The first kappa shape index (κ1) is 19.7. The average molecular weight is 373 g/mol. The highest BCUT2D eigenvalue weighted by atomic mass is 16.5. The van der Waals surface area contributed by atoms with Gasteiger partial charge in [-0.3, -0.25) is 4.90 Å². The Bertz CT molecular complexity index is 736.